The van der Waals surface area contributed by atoms with E-state index in [4.69, 9.17) is 0 Å². The Morgan fingerprint density at radius 3 is 2.29 bits per heavy atom. The normalized spacial score (nSPS) is 21.1. The molecule has 9 heteroatoms. The number of halogens is 1. The molecule has 1 atom stereocenters. The zero-order valence-corrected chi connectivity index (χ0v) is 20.5. The van der Waals surface area contributed by atoms with Crippen molar-refractivity contribution in [2.75, 3.05) is 39.3 Å². The Morgan fingerprint density at radius 2 is 1.54 bits per heavy atom. The number of rotatable bonds is 4. The van der Waals surface area contributed by atoms with E-state index in [2.05, 4.69) is 0 Å². The second-order valence-electron chi connectivity index (χ2n) is 9.61. The van der Waals surface area contributed by atoms with Crippen LogP contribution >= 0.6 is 0 Å². The van der Waals surface area contributed by atoms with Gasteiger partial charge in [0.15, 0.2) is 0 Å². The van der Waals surface area contributed by atoms with E-state index in [-0.39, 0.29) is 30.8 Å². The van der Waals surface area contributed by atoms with Crippen LogP contribution in [0.3, 0.4) is 0 Å². The lowest BCUT2D eigenvalue weighted by Gasteiger charge is -2.38. The van der Waals surface area contributed by atoms with Crippen LogP contribution in [0.5, 0.6) is 0 Å². The number of aryl methyl sites for hydroxylation is 2. The van der Waals surface area contributed by atoms with Crippen LogP contribution in [-0.2, 0) is 27.7 Å². The van der Waals surface area contributed by atoms with E-state index < -0.39 is 15.8 Å². The third-order valence-corrected chi connectivity index (χ3v) is 9.30. The van der Waals surface area contributed by atoms with Gasteiger partial charge in [0.1, 0.15) is 5.82 Å². The van der Waals surface area contributed by atoms with Crippen molar-refractivity contribution in [2.45, 2.75) is 37.0 Å². The van der Waals surface area contributed by atoms with Gasteiger partial charge in [-0.15, -0.1) is 0 Å². The number of amides is 2. The second-order valence-corrected chi connectivity index (χ2v) is 11.5. The number of hydrogen-bond donors (Lipinski definition) is 0. The molecule has 2 heterocycles. The van der Waals surface area contributed by atoms with Crippen molar-refractivity contribution >= 4 is 21.8 Å². The van der Waals surface area contributed by atoms with E-state index in [0.717, 1.165) is 31.2 Å². The molecule has 5 rings (SSSR count). The lowest BCUT2D eigenvalue weighted by molar-refractivity contribution is -0.138. The molecule has 3 aliphatic rings. The Kier molecular flexibility index (Phi) is 6.63. The molecule has 0 radical (unpaired) electrons. The average Bonchev–Trinajstić information content (AvgIpc) is 3.36. The van der Waals surface area contributed by atoms with Crippen LogP contribution in [0.2, 0.25) is 0 Å². The van der Waals surface area contributed by atoms with Gasteiger partial charge in [0, 0.05) is 44.8 Å². The third-order valence-electron chi connectivity index (χ3n) is 7.41. The molecule has 35 heavy (non-hydrogen) atoms. The summed E-state index contributed by atoms with van der Waals surface area (Å²) in [4.78, 5) is 29.8. The van der Waals surface area contributed by atoms with E-state index in [9.17, 15) is 22.4 Å². The van der Waals surface area contributed by atoms with Crippen LogP contribution in [0, 0.1) is 11.7 Å². The topological polar surface area (TPSA) is 78.0 Å². The zero-order chi connectivity index (χ0) is 24.6. The molecule has 186 valence electrons. The predicted octanol–water partition coefficient (Wildman–Crippen LogP) is 2.70. The molecule has 2 aliphatic heterocycles. The molecular formula is C26H30FN3O4S. The van der Waals surface area contributed by atoms with Crippen molar-refractivity contribution in [1.82, 2.24) is 14.1 Å². The molecule has 1 unspecified atom stereocenters. The van der Waals surface area contributed by atoms with Gasteiger partial charge in [0.05, 0.1) is 10.8 Å². The molecule has 0 aromatic heterocycles. The number of carbonyl (C=O) groups is 2. The minimum Gasteiger partial charge on any atom is -0.340 e. The maximum absolute atomic E-state index is 13.2. The Labute approximate surface area is 205 Å². The highest BCUT2D eigenvalue weighted by atomic mass is 32.2. The summed E-state index contributed by atoms with van der Waals surface area (Å²) >= 11 is 0. The summed E-state index contributed by atoms with van der Waals surface area (Å²) < 4.78 is 41.1. The summed E-state index contributed by atoms with van der Waals surface area (Å²) in [6, 6.07) is 10.9. The minimum absolute atomic E-state index is 0.0313. The summed E-state index contributed by atoms with van der Waals surface area (Å²) in [6.45, 7) is 2.08. The quantitative estimate of drug-likeness (QED) is 0.648. The summed E-state index contributed by atoms with van der Waals surface area (Å²) in [5, 5.41) is 0. The highest BCUT2D eigenvalue weighted by Crippen LogP contribution is 2.27. The summed E-state index contributed by atoms with van der Waals surface area (Å²) in [5.41, 5.74) is 2.76. The standard InChI is InChI=1S/C26H30FN3O4S/c27-23-9-6-20(7-10-23)25(31)29-12-2-5-22(18-29)26(32)28-13-15-30(16-14-28)35(33,34)24-11-8-19-3-1-4-21(19)17-24/h6-11,17,22H,1-5,12-16,18H2. The van der Waals surface area contributed by atoms with Crippen molar-refractivity contribution in [1.29, 1.82) is 0 Å². The van der Waals surface area contributed by atoms with Gasteiger partial charge in [0.25, 0.3) is 5.91 Å². The van der Waals surface area contributed by atoms with Crippen molar-refractivity contribution < 1.29 is 22.4 Å². The Balaban J connectivity index is 1.19. The first-order chi connectivity index (χ1) is 16.8. The van der Waals surface area contributed by atoms with Gasteiger partial charge in [-0.3, -0.25) is 9.59 Å². The van der Waals surface area contributed by atoms with Crippen LogP contribution in [0.1, 0.15) is 40.7 Å². The van der Waals surface area contributed by atoms with Gasteiger partial charge in [-0.1, -0.05) is 6.07 Å². The number of carbonyl (C=O) groups excluding carboxylic acids is 2. The summed E-state index contributed by atoms with van der Waals surface area (Å²) in [5.74, 6) is -0.942. The number of likely N-dealkylation sites (tertiary alicyclic amines) is 1. The van der Waals surface area contributed by atoms with E-state index in [1.54, 1.807) is 15.9 Å². The number of nitrogens with zero attached hydrogens (tertiary/aromatic N) is 3. The summed E-state index contributed by atoms with van der Waals surface area (Å²) in [7, 11) is -3.60. The minimum atomic E-state index is -3.60. The summed E-state index contributed by atoms with van der Waals surface area (Å²) in [6.07, 6.45) is 4.40. The van der Waals surface area contributed by atoms with Gasteiger partial charge in [0.2, 0.25) is 15.9 Å². The van der Waals surface area contributed by atoms with E-state index >= 15 is 0 Å². The molecule has 2 aromatic carbocycles. The molecule has 7 nitrogen and oxygen atoms in total. The molecule has 0 bridgehead atoms. The van der Waals surface area contributed by atoms with Crippen LogP contribution in [0.25, 0.3) is 0 Å². The largest absolute Gasteiger partial charge is 0.340 e. The Bertz CT molecular complexity index is 1220. The van der Waals surface area contributed by atoms with E-state index in [1.807, 2.05) is 12.1 Å². The zero-order valence-electron chi connectivity index (χ0n) is 19.7. The number of benzene rings is 2. The Morgan fingerprint density at radius 1 is 0.829 bits per heavy atom. The first-order valence-corrected chi connectivity index (χ1v) is 13.7. The molecule has 2 amide bonds. The number of sulfonamides is 1. The van der Waals surface area contributed by atoms with Crippen molar-refractivity contribution in [3.05, 3.63) is 65.0 Å². The Hall–Kier alpha value is -2.78. The molecule has 0 N–H and O–H groups in total. The lowest BCUT2D eigenvalue weighted by Crippen LogP contribution is -2.54. The van der Waals surface area contributed by atoms with Crippen LogP contribution in [0.15, 0.2) is 47.4 Å². The van der Waals surface area contributed by atoms with Crippen molar-refractivity contribution in [3.63, 3.8) is 0 Å². The van der Waals surface area contributed by atoms with Crippen molar-refractivity contribution in [3.8, 4) is 0 Å². The van der Waals surface area contributed by atoms with E-state index in [1.165, 1.54) is 34.1 Å². The fraction of sp³-hybridized carbons (Fsp3) is 0.462. The highest BCUT2D eigenvalue weighted by molar-refractivity contribution is 7.89. The third kappa shape index (κ3) is 4.84. The molecule has 2 aromatic rings. The van der Waals surface area contributed by atoms with Crippen LogP contribution < -0.4 is 0 Å². The van der Waals surface area contributed by atoms with E-state index in [0.29, 0.717) is 43.1 Å². The fourth-order valence-electron chi connectivity index (χ4n) is 5.40. The monoisotopic (exact) mass is 499 g/mol. The van der Waals surface area contributed by atoms with Gasteiger partial charge >= 0.3 is 0 Å². The number of piperidine rings is 1. The highest BCUT2D eigenvalue weighted by Gasteiger charge is 2.35. The molecule has 0 saturated carbocycles. The molecule has 2 fully saturated rings. The second kappa shape index (κ2) is 9.70. The number of piperazine rings is 1. The molecule has 1 aliphatic carbocycles. The first-order valence-electron chi connectivity index (χ1n) is 12.3. The van der Waals surface area contributed by atoms with Gasteiger partial charge in [-0.25, -0.2) is 12.8 Å². The maximum Gasteiger partial charge on any atom is 0.253 e. The first kappa shape index (κ1) is 23.9. The maximum atomic E-state index is 13.2. The van der Waals surface area contributed by atoms with Gasteiger partial charge in [-0.2, -0.15) is 4.31 Å². The molecule has 0 spiro atoms. The van der Waals surface area contributed by atoms with Crippen molar-refractivity contribution in [2.24, 2.45) is 5.92 Å². The van der Waals surface area contributed by atoms with Crippen LogP contribution in [-0.4, -0.2) is 73.6 Å². The smallest absolute Gasteiger partial charge is 0.253 e. The number of hydrogen-bond acceptors (Lipinski definition) is 4. The SMILES string of the molecule is O=C(c1ccc(F)cc1)N1CCCC(C(=O)N2CCN(S(=O)(=O)c3ccc4c(c3)CCC4)CC2)C1. The lowest BCUT2D eigenvalue weighted by atomic mass is 9.95. The molecule has 2 saturated heterocycles. The van der Waals surface area contributed by atoms with Gasteiger partial charge < -0.3 is 9.80 Å². The van der Waals surface area contributed by atoms with Crippen LogP contribution in [0.4, 0.5) is 4.39 Å². The number of fused-ring (bicyclic) bond motifs is 1. The average molecular weight is 500 g/mol. The van der Waals surface area contributed by atoms with Gasteiger partial charge in [-0.05, 0) is 79.6 Å². The predicted molar refractivity (Wildman–Crippen MR) is 129 cm³/mol. The molecular weight excluding hydrogens is 469 g/mol. The fourth-order valence-corrected chi connectivity index (χ4v) is 6.88.